The zero-order chi connectivity index (χ0) is 20.4. The number of nitrogens with two attached hydrogens (primary N) is 1. The van der Waals surface area contributed by atoms with Crippen molar-refractivity contribution in [2.24, 2.45) is 5.73 Å². The average molecular weight is 396 g/mol. The zero-order valence-corrected chi connectivity index (χ0v) is 16.4. The third-order valence-electron chi connectivity index (χ3n) is 3.43. The fraction of sp³-hybridized carbons (Fsp3) is 0.500. The Labute approximate surface area is 162 Å². The minimum atomic E-state index is -1.87. The number of hydrogen-bond donors (Lipinski definition) is 3. The van der Waals surface area contributed by atoms with Crippen LogP contribution in [0.1, 0.15) is 46.8 Å². The minimum Gasteiger partial charge on any atom is -0.466 e. The van der Waals surface area contributed by atoms with Crippen LogP contribution in [-0.2, 0) is 19.1 Å². The second-order valence-electron chi connectivity index (χ2n) is 5.53. The lowest BCUT2D eigenvalue weighted by Crippen LogP contribution is -2.62. The molecule has 0 aliphatic heterocycles. The minimum absolute atomic E-state index is 0.0755. The van der Waals surface area contributed by atoms with Gasteiger partial charge in [-0.1, -0.05) is 11.8 Å². The Morgan fingerprint density at radius 2 is 1.96 bits per heavy atom. The van der Waals surface area contributed by atoms with Gasteiger partial charge in [0.15, 0.2) is 5.66 Å². The molecule has 0 spiro atoms. The Morgan fingerprint density at radius 1 is 1.30 bits per heavy atom. The quantitative estimate of drug-likeness (QED) is 0.335. The number of aliphatic hydroxyl groups is 1. The van der Waals surface area contributed by atoms with Crippen LogP contribution in [0.5, 0.6) is 0 Å². The third kappa shape index (κ3) is 6.67. The molecular formula is C18H24N2O6S. The molecule has 1 amide bonds. The fourth-order valence-corrected chi connectivity index (χ4v) is 3.05. The van der Waals surface area contributed by atoms with Crippen LogP contribution in [0.2, 0.25) is 0 Å². The number of ether oxygens (including phenoxy) is 2. The predicted molar refractivity (Wildman–Crippen MR) is 99.9 cm³/mol. The van der Waals surface area contributed by atoms with E-state index in [1.54, 1.807) is 26.8 Å². The van der Waals surface area contributed by atoms with E-state index in [4.69, 9.17) is 20.3 Å². The SMILES string of the molecule is CCOC(=O)CC[C@@](N)(NC(=O)c1cc(C)c(C#CCO)s1)C(=O)OCC. The van der Waals surface area contributed by atoms with E-state index in [9.17, 15) is 14.4 Å². The molecule has 148 valence electrons. The Bertz CT molecular complexity index is 749. The highest BCUT2D eigenvalue weighted by molar-refractivity contribution is 7.14. The molecule has 1 heterocycles. The summed E-state index contributed by atoms with van der Waals surface area (Å²) in [7, 11) is 0. The third-order valence-corrected chi connectivity index (χ3v) is 4.58. The number of carbonyl (C=O) groups is 3. The largest absolute Gasteiger partial charge is 0.466 e. The molecule has 0 bridgehead atoms. The molecule has 1 aromatic heterocycles. The molecule has 1 rings (SSSR count). The zero-order valence-electron chi connectivity index (χ0n) is 15.6. The predicted octanol–water partition coefficient (Wildman–Crippen LogP) is 0.692. The highest BCUT2D eigenvalue weighted by Gasteiger charge is 2.38. The van der Waals surface area contributed by atoms with Gasteiger partial charge in [-0.05, 0) is 32.4 Å². The van der Waals surface area contributed by atoms with Gasteiger partial charge in [0.1, 0.15) is 6.61 Å². The maximum atomic E-state index is 12.6. The molecular weight excluding hydrogens is 372 g/mol. The lowest BCUT2D eigenvalue weighted by molar-refractivity contribution is -0.152. The highest BCUT2D eigenvalue weighted by Crippen LogP contribution is 2.22. The number of aryl methyl sites for hydroxylation is 1. The summed E-state index contributed by atoms with van der Waals surface area (Å²) in [6.45, 7) is 5.04. The van der Waals surface area contributed by atoms with Crippen LogP contribution in [0.3, 0.4) is 0 Å². The second kappa shape index (κ2) is 10.7. The maximum Gasteiger partial charge on any atom is 0.346 e. The van der Waals surface area contributed by atoms with E-state index in [1.807, 2.05) is 0 Å². The number of amides is 1. The van der Waals surface area contributed by atoms with Gasteiger partial charge in [-0.15, -0.1) is 11.3 Å². The Kier molecular flexibility index (Phi) is 8.94. The van der Waals surface area contributed by atoms with E-state index in [0.717, 1.165) is 16.9 Å². The molecule has 0 fully saturated rings. The summed E-state index contributed by atoms with van der Waals surface area (Å²) < 4.78 is 9.77. The molecule has 0 aromatic carbocycles. The monoisotopic (exact) mass is 396 g/mol. The van der Waals surface area contributed by atoms with Gasteiger partial charge < -0.3 is 19.9 Å². The Balaban J connectivity index is 2.98. The number of thiophene rings is 1. The van der Waals surface area contributed by atoms with Crippen molar-refractivity contribution in [2.45, 2.75) is 39.3 Å². The smallest absolute Gasteiger partial charge is 0.346 e. The van der Waals surface area contributed by atoms with Crippen LogP contribution in [0.25, 0.3) is 0 Å². The van der Waals surface area contributed by atoms with Crippen molar-refractivity contribution in [1.82, 2.24) is 5.32 Å². The summed E-state index contributed by atoms with van der Waals surface area (Å²) in [5.41, 5.74) is 4.96. The summed E-state index contributed by atoms with van der Waals surface area (Å²) in [6.07, 6.45) is -0.321. The standard InChI is InChI=1S/C18H24N2O6S/c1-4-25-15(22)8-9-18(19,17(24)26-5-2)20-16(23)14-11-12(3)13(27-14)7-6-10-21/h11,21H,4-5,8-10,19H2,1-3H3,(H,20,23)/t18-/m1/s1. The first kappa shape index (κ1) is 22.6. The fourth-order valence-electron chi connectivity index (χ4n) is 2.11. The van der Waals surface area contributed by atoms with Crippen molar-refractivity contribution in [1.29, 1.82) is 0 Å². The number of esters is 2. The van der Waals surface area contributed by atoms with Gasteiger partial charge in [-0.3, -0.25) is 15.3 Å². The summed E-state index contributed by atoms with van der Waals surface area (Å²) in [6, 6.07) is 1.61. The van der Waals surface area contributed by atoms with E-state index in [2.05, 4.69) is 17.2 Å². The molecule has 0 unspecified atom stereocenters. The number of aliphatic hydroxyl groups excluding tert-OH is 1. The van der Waals surface area contributed by atoms with Gasteiger partial charge in [0.05, 0.1) is 23.0 Å². The molecule has 8 nitrogen and oxygen atoms in total. The summed E-state index contributed by atoms with van der Waals surface area (Å²) >= 11 is 1.11. The van der Waals surface area contributed by atoms with Crippen LogP contribution in [0.4, 0.5) is 0 Å². The van der Waals surface area contributed by atoms with E-state index < -0.39 is 23.5 Å². The van der Waals surface area contributed by atoms with Crippen molar-refractivity contribution < 1.29 is 29.0 Å². The topological polar surface area (TPSA) is 128 Å². The van der Waals surface area contributed by atoms with Crippen molar-refractivity contribution in [3.63, 3.8) is 0 Å². The van der Waals surface area contributed by atoms with Gasteiger partial charge in [0, 0.05) is 12.8 Å². The molecule has 0 radical (unpaired) electrons. The molecule has 4 N–H and O–H groups in total. The number of hydrogen-bond acceptors (Lipinski definition) is 8. The number of nitrogens with one attached hydrogen (secondary N) is 1. The summed E-state index contributed by atoms with van der Waals surface area (Å²) in [4.78, 5) is 37.4. The molecule has 9 heteroatoms. The average Bonchev–Trinajstić information content (AvgIpc) is 2.99. The molecule has 27 heavy (non-hydrogen) atoms. The van der Waals surface area contributed by atoms with Crippen molar-refractivity contribution in [3.8, 4) is 11.8 Å². The first-order chi connectivity index (χ1) is 12.8. The van der Waals surface area contributed by atoms with Crippen molar-refractivity contribution in [3.05, 3.63) is 21.4 Å². The lowest BCUT2D eigenvalue weighted by Gasteiger charge is -2.27. The molecule has 1 atom stereocenters. The van der Waals surface area contributed by atoms with E-state index >= 15 is 0 Å². The molecule has 1 aromatic rings. The van der Waals surface area contributed by atoms with Crippen LogP contribution in [-0.4, -0.2) is 48.4 Å². The lowest BCUT2D eigenvalue weighted by atomic mass is 10.0. The van der Waals surface area contributed by atoms with Gasteiger partial charge in [0.25, 0.3) is 5.91 Å². The van der Waals surface area contributed by atoms with Crippen molar-refractivity contribution in [2.75, 3.05) is 19.8 Å². The van der Waals surface area contributed by atoms with Crippen LogP contribution in [0.15, 0.2) is 6.07 Å². The van der Waals surface area contributed by atoms with E-state index in [1.165, 1.54) is 0 Å². The maximum absolute atomic E-state index is 12.6. The molecule has 0 aliphatic rings. The summed E-state index contributed by atoms with van der Waals surface area (Å²) in [5, 5.41) is 11.2. The summed E-state index contributed by atoms with van der Waals surface area (Å²) in [5.74, 6) is 3.32. The van der Waals surface area contributed by atoms with Crippen LogP contribution >= 0.6 is 11.3 Å². The van der Waals surface area contributed by atoms with Crippen molar-refractivity contribution >= 4 is 29.2 Å². The van der Waals surface area contributed by atoms with Gasteiger partial charge in [-0.2, -0.15) is 0 Å². The first-order valence-corrected chi connectivity index (χ1v) is 9.23. The van der Waals surface area contributed by atoms with Gasteiger partial charge in [-0.25, -0.2) is 4.79 Å². The van der Waals surface area contributed by atoms with E-state index in [-0.39, 0.29) is 32.7 Å². The van der Waals surface area contributed by atoms with Crippen LogP contribution < -0.4 is 11.1 Å². The van der Waals surface area contributed by atoms with Crippen LogP contribution in [0, 0.1) is 18.8 Å². The first-order valence-electron chi connectivity index (χ1n) is 8.41. The normalized spacial score (nSPS) is 12.3. The van der Waals surface area contributed by atoms with Gasteiger partial charge >= 0.3 is 11.9 Å². The number of carbonyl (C=O) groups excluding carboxylic acids is 3. The molecule has 0 aliphatic carbocycles. The van der Waals surface area contributed by atoms with Gasteiger partial charge in [0.2, 0.25) is 0 Å². The second-order valence-corrected chi connectivity index (χ2v) is 6.59. The Hall–Kier alpha value is -2.41. The molecule has 0 saturated carbocycles. The Morgan fingerprint density at radius 3 is 2.56 bits per heavy atom. The highest BCUT2D eigenvalue weighted by atomic mass is 32.1. The molecule has 0 saturated heterocycles. The van der Waals surface area contributed by atoms with E-state index in [0.29, 0.717) is 9.75 Å². The number of rotatable bonds is 8.